The summed E-state index contributed by atoms with van der Waals surface area (Å²) < 4.78 is 17.0. The number of nitrogens with zero attached hydrogens (tertiary/aromatic N) is 2. The van der Waals surface area contributed by atoms with E-state index in [1.54, 1.807) is 13.2 Å². The van der Waals surface area contributed by atoms with Crippen molar-refractivity contribution in [2.45, 2.75) is 76.3 Å². The third kappa shape index (κ3) is 4.79. The lowest BCUT2D eigenvalue weighted by atomic mass is 9.94. The number of fused-ring (bicyclic) bond motifs is 1. The van der Waals surface area contributed by atoms with Crippen LogP contribution < -0.4 is 15.1 Å². The predicted molar refractivity (Wildman–Crippen MR) is 119 cm³/mol. The molecule has 1 aromatic heterocycles. The Morgan fingerprint density at radius 2 is 1.73 bits per heavy atom. The van der Waals surface area contributed by atoms with Gasteiger partial charge in [0.2, 0.25) is 0 Å². The van der Waals surface area contributed by atoms with Crippen LogP contribution in [0.4, 0.5) is 0 Å². The van der Waals surface area contributed by atoms with Crippen molar-refractivity contribution in [3.8, 4) is 11.5 Å². The Hall–Kier alpha value is -2.50. The second-order valence-electron chi connectivity index (χ2n) is 8.50. The minimum Gasteiger partial charge on any atom is -0.497 e. The molecule has 4 rings (SSSR count). The highest BCUT2D eigenvalue weighted by Crippen LogP contribution is 2.29. The van der Waals surface area contributed by atoms with Crippen LogP contribution in [0.15, 0.2) is 38.5 Å². The fourth-order valence-electron chi connectivity index (χ4n) is 4.60. The molecule has 0 atom stereocenters. The molecule has 2 aliphatic carbocycles. The number of benzene rings is 1. The van der Waals surface area contributed by atoms with E-state index in [1.807, 2.05) is 12.1 Å². The molecule has 0 bridgehead atoms. The predicted octanol–water partition coefficient (Wildman–Crippen LogP) is 5.13. The Labute approximate surface area is 177 Å². The van der Waals surface area contributed by atoms with Crippen molar-refractivity contribution in [2.75, 3.05) is 14.2 Å². The molecule has 0 aliphatic heterocycles. The molecular weight excluding hydrogens is 380 g/mol. The molecule has 30 heavy (non-hydrogen) atoms. The Morgan fingerprint density at radius 3 is 2.43 bits per heavy atom. The Kier molecular flexibility index (Phi) is 6.60. The first kappa shape index (κ1) is 20.8. The van der Waals surface area contributed by atoms with Gasteiger partial charge in [-0.1, -0.05) is 38.5 Å². The van der Waals surface area contributed by atoms with Crippen LogP contribution in [0, 0.1) is 0 Å². The molecule has 6 heteroatoms. The summed E-state index contributed by atoms with van der Waals surface area (Å²) in [4.78, 5) is 19.4. The number of hydrogen-bond acceptors (Lipinski definition) is 5. The van der Waals surface area contributed by atoms with Gasteiger partial charge in [0, 0.05) is 19.2 Å². The first-order valence-corrected chi connectivity index (χ1v) is 11.2. The maximum atomic E-state index is 12.2. The van der Waals surface area contributed by atoms with Crippen molar-refractivity contribution < 1.29 is 13.9 Å². The minimum atomic E-state index is -0.442. The van der Waals surface area contributed by atoms with Crippen LogP contribution in [0.5, 0.6) is 11.5 Å². The largest absolute Gasteiger partial charge is 0.497 e. The molecule has 2 fully saturated rings. The van der Waals surface area contributed by atoms with E-state index < -0.39 is 5.63 Å². The number of rotatable bonds is 4. The Morgan fingerprint density at radius 1 is 1.03 bits per heavy atom. The minimum absolute atomic E-state index is 0.284. The summed E-state index contributed by atoms with van der Waals surface area (Å²) in [5.41, 5.74) is 0.0114. The molecule has 0 unspecified atom stereocenters. The molecule has 162 valence electrons. The third-order valence-electron chi connectivity index (χ3n) is 6.41. The average molecular weight is 413 g/mol. The van der Waals surface area contributed by atoms with Crippen molar-refractivity contribution in [2.24, 2.45) is 4.99 Å². The van der Waals surface area contributed by atoms with Gasteiger partial charge in [0.05, 0.1) is 24.6 Å². The molecule has 1 aromatic carbocycles. The molecule has 0 N–H and O–H groups in total. The van der Waals surface area contributed by atoms with Crippen molar-refractivity contribution in [1.82, 2.24) is 4.90 Å². The summed E-state index contributed by atoms with van der Waals surface area (Å²) in [5, 5.41) is 0.740. The normalized spacial score (nSPS) is 19.1. The summed E-state index contributed by atoms with van der Waals surface area (Å²) in [5.74, 6) is 1.12. The molecule has 2 aliphatic rings. The maximum Gasteiger partial charge on any atom is 0.339 e. The summed E-state index contributed by atoms with van der Waals surface area (Å²) in [7, 11) is 3.67. The van der Waals surface area contributed by atoms with Crippen molar-refractivity contribution in [1.29, 1.82) is 0 Å². The molecule has 6 nitrogen and oxygen atoms in total. The number of ether oxygens (including phenoxy) is 2. The van der Waals surface area contributed by atoms with Crippen LogP contribution in [-0.4, -0.2) is 37.2 Å². The first-order chi connectivity index (χ1) is 14.6. The number of methoxy groups -OCH3 is 1. The number of amidine groups is 1. The quantitative estimate of drug-likeness (QED) is 0.395. The summed E-state index contributed by atoms with van der Waals surface area (Å²) in [6.45, 7) is 0. The number of hydrogen-bond donors (Lipinski definition) is 0. The Balaban J connectivity index is 1.68. The lowest BCUT2D eigenvalue weighted by molar-refractivity contribution is 0.242. The second-order valence-corrected chi connectivity index (χ2v) is 8.50. The average Bonchev–Trinajstić information content (AvgIpc) is 2.78. The van der Waals surface area contributed by atoms with E-state index in [2.05, 4.69) is 11.9 Å². The van der Waals surface area contributed by atoms with E-state index in [-0.39, 0.29) is 6.04 Å². The van der Waals surface area contributed by atoms with Crippen molar-refractivity contribution in [3.63, 3.8) is 0 Å². The molecule has 0 saturated heterocycles. The second kappa shape index (κ2) is 9.54. The smallest absolute Gasteiger partial charge is 0.339 e. The lowest BCUT2D eigenvalue weighted by Crippen LogP contribution is -2.42. The van der Waals surface area contributed by atoms with Gasteiger partial charge in [-0.15, -0.1) is 0 Å². The standard InChI is InChI=1S/C24H32N2O4/c1-26(18-11-7-4-8-12-18)24(25-17-9-5-3-6-10-17)30-22-16-23(27)29-21-15-19(28-2)13-14-20(21)22/h13-18H,3-12H2,1-2H3. The topological polar surface area (TPSA) is 64.3 Å². The highest BCUT2D eigenvalue weighted by Gasteiger charge is 2.25. The van der Waals surface area contributed by atoms with Gasteiger partial charge < -0.3 is 18.8 Å². The molecule has 0 spiro atoms. The van der Waals surface area contributed by atoms with Gasteiger partial charge in [-0.25, -0.2) is 9.79 Å². The Bertz CT molecular complexity index is 940. The monoisotopic (exact) mass is 412 g/mol. The van der Waals surface area contributed by atoms with Crippen LogP contribution in [-0.2, 0) is 0 Å². The van der Waals surface area contributed by atoms with Gasteiger partial charge in [0.1, 0.15) is 17.1 Å². The molecule has 2 saturated carbocycles. The van der Waals surface area contributed by atoms with Gasteiger partial charge in [-0.2, -0.15) is 0 Å². The van der Waals surface area contributed by atoms with E-state index in [0.29, 0.717) is 29.1 Å². The molecule has 2 aromatic rings. The zero-order valence-electron chi connectivity index (χ0n) is 18.1. The summed E-state index contributed by atoms with van der Waals surface area (Å²) >= 11 is 0. The van der Waals surface area contributed by atoms with Gasteiger partial charge in [-0.05, 0) is 37.8 Å². The SMILES string of the molecule is COc1ccc2c(OC(=NC3CCCCC3)N(C)C3CCCCC3)cc(=O)oc2c1. The number of aliphatic imine (C=N–C) groups is 1. The third-order valence-corrected chi connectivity index (χ3v) is 6.41. The molecule has 0 amide bonds. The maximum absolute atomic E-state index is 12.2. The van der Waals surface area contributed by atoms with Crippen LogP contribution >= 0.6 is 0 Å². The van der Waals surface area contributed by atoms with Crippen molar-refractivity contribution in [3.05, 3.63) is 34.7 Å². The van der Waals surface area contributed by atoms with Crippen LogP contribution in [0.25, 0.3) is 11.0 Å². The zero-order chi connectivity index (χ0) is 20.9. The van der Waals surface area contributed by atoms with Gasteiger partial charge in [0.25, 0.3) is 6.02 Å². The summed E-state index contributed by atoms with van der Waals surface area (Å²) in [6.07, 6.45) is 12.0. The molecule has 0 radical (unpaired) electrons. The van der Waals surface area contributed by atoms with E-state index in [0.717, 1.165) is 31.1 Å². The van der Waals surface area contributed by atoms with E-state index in [4.69, 9.17) is 18.9 Å². The summed E-state index contributed by atoms with van der Waals surface area (Å²) in [6, 6.07) is 8.17. The zero-order valence-corrected chi connectivity index (χ0v) is 18.1. The highest BCUT2D eigenvalue weighted by atomic mass is 16.5. The van der Waals surface area contributed by atoms with Crippen LogP contribution in [0.3, 0.4) is 0 Å². The fourth-order valence-corrected chi connectivity index (χ4v) is 4.60. The van der Waals surface area contributed by atoms with E-state index in [9.17, 15) is 4.79 Å². The van der Waals surface area contributed by atoms with Gasteiger partial charge >= 0.3 is 5.63 Å². The molecular formula is C24H32N2O4. The van der Waals surface area contributed by atoms with Gasteiger partial charge in [0.15, 0.2) is 0 Å². The van der Waals surface area contributed by atoms with Crippen molar-refractivity contribution >= 4 is 17.0 Å². The first-order valence-electron chi connectivity index (χ1n) is 11.2. The van der Waals surface area contributed by atoms with Crippen LogP contribution in [0.2, 0.25) is 0 Å². The van der Waals surface area contributed by atoms with E-state index >= 15 is 0 Å². The van der Waals surface area contributed by atoms with E-state index in [1.165, 1.54) is 44.6 Å². The molecule has 1 heterocycles. The fraction of sp³-hybridized carbons (Fsp3) is 0.583. The van der Waals surface area contributed by atoms with Crippen LogP contribution in [0.1, 0.15) is 64.2 Å². The highest BCUT2D eigenvalue weighted by molar-refractivity contribution is 5.88. The van der Waals surface area contributed by atoms with Gasteiger partial charge in [-0.3, -0.25) is 0 Å². The lowest BCUT2D eigenvalue weighted by Gasteiger charge is -2.33.